The van der Waals surface area contributed by atoms with Gasteiger partial charge in [-0.1, -0.05) is 6.07 Å². The molecular formula is C8H6N2S2. The molecule has 2 heterocycles. The molecule has 0 amide bonds. The minimum Gasteiger partial charge on any atom is -0.336 e. The number of aromatic amines is 1. The van der Waals surface area contributed by atoms with Crippen molar-refractivity contribution >= 4 is 23.6 Å². The first-order valence-electron chi connectivity index (χ1n) is 3.45. The first-order valence-corrected chi connectivity index (χ1v) is 4.74. The molecule has 0 aliphatic heterocycles. The topological polar surface area (TPSA) is 28.7 Å². The van der Waals surface area contributed by atoms with Crippen LogP contribution in [0, 0.1) is 3.95 Å². The summed E-state index contributed by atoms with van der Waals surface area (Å²) in [5.74, 6) is 0. The summed E-state index contributed by atoms with van der Waals surface area (Å²) in [5, 5.41) is 1.98. The van der Waals surface area contributed by atoms with Crippen LogP contribution in [0.3, 0.4) is 0 Å². The SMILES string of the molecule is S=c1[nH]c(-c2ccccn2)cs1. The number of thiazole rings is 1. The summed E-state index contributed by atoms with van der Waals surface area (Å²) >= 11 is 6.49. The van der Waals surface area contributed by atoms with E-state index in [4.69, 9.17) is 12.2 Å². The molecule has 0 aromatic carbocycles. The number of aromatic nitrogens is 2. The molecule has 0 atom stereocenters. The molecule has 60 valence electrons. The molecule has 2 aromatic rings. The maximum absolute atomic E-state index is 4.97. The third-order valence-corrected chi connectivity index (χ3v) is 2.52. The number of nitrogens with one attached hydrogen (secondary N) is 1. The molecule has 1 N–H and O–H groups in total. The monoisotopic (exact) mass is 194 g/mol. The van der Waals surface area contributed by atoms with E-state index in [1.165, 1.54) is 11.3 Å². The lowest BCUT2D eigenvalue weighted by Crippen LogP contribution is -1.80. The molecule has 2 nitrogen and oxygen atoms in total. The number of nitrogens with zero attached hydrogens (tertiary/aromatic N) is 1. The van der Waals surface area contributed by atoms with Crippen LogP contribution >= 0.6 is 23.6 Å². The lowest BCUT2D eigenvalue weighted by atomic mass is 10.3. The van der Waals surface area contributed by atoms with Crippen LogP contribution in [0.2, 0.25) is 0 Å². The highest BCUT2D eigenvalue weighted by Crippen LogP contribution is 2.16. The van der Waals surface area contributed by atoms with Crippen molar-refractivity contribution in [2.75, 3.05) is 0 Å². The molecule has 0 aliphatic carbocycles. The Kier molecular flexibility index (Phi) is 2.01. The zero-order valence-electron chi connectivity index (χ0n) is 6.15. The number of pyridine rings is 1. The molecular weight excluding hydrogens is 188 g/mol. The predicted molar refractivity (Wildman–Crippen MR) is 52.7 cm³/mol. The summed E-state index contributed by atoms with van der Waals surface area (Å²) in [6, 6.07) is 5.80. The molecule has 0 fully saturated rings. The lowest BCUT2D eigenvalue weighted by Gasteiger charge is -1.92. The van der Waals surface area contributed by atoms with Crippen molar-refractivity contribution in [2.45, 2.75) is 0 Å². The van der Waals surface area contributed by atoms with Crippen LogP contribution in [0.25, 0.3) is 11.4 Å². The molecule has 2 aromatic heterocycles. The third kappa shape index (κ3) is 1.44. The molecule has 2 rings (SSSR count). The summed E-state index contributed by atoms with van der Waals surface area (Å²) in [6.07, 6.45) is 1.77. The van der Waals surface area contributed by atoms with E-state index in [2.05, 4.69) is 9.97 Å². The van der Waals surface area contributed by atoms with Crippen molar-refractivity contribution < 1.29 is 0 Å². The predicted octanol–water partition coefficient (Wildman–Crippen LogP) is 2.87. The largest absolute Gasteiger partial charge is 0.336 e. The van der Waals surface area contributed by atoms with Gasteiger partial charge in [-0.3, -0.25) is 4.98 Å². The molecule has 0 radical (unpaired) electrons. The summed E-state index contributed by atoms with van der Waals surface area (Å²) < 4.78 is 0.788. The van der Waals surface area contributed by atoms with Crippen LogP contribution in [0.5, 0.6) is 0 Å². The average molecular weight is 194 g/mol. The highest BCUT2D eigenvalue weighted by Gasteiger charge is 1.97. The van der Waals surface area contributed by atoms with Crippen molar-refractivity contribution in [3.8, 4) is 11.4 Å². The Labute approximate surface area is 78.9 Å². The Balaban J connectivity index is 2.51. The van der Waals surface area contributed by atoms with E-state index in [9.17, 15) is 0 Å². The zero-order valence-corrected chi connectivity index (χ0v) is 7.78. The average Bonchev–Trinajstić information content (AvgIpc) is 2.54. The van der Waals surface area contributed by atoms with Crippen LogP contribution in [-0.2, 0) is 0 Å². The van der Waals surface area contributed by atoms with E-state index in [1.54, 1.807) is 6.20 Å². The molecule has 0 saturated heterocycles. The maximum Gasteiger partial charge on any atom is 0.158 e. The fraction of sp³-hybridized carbons (Fsp3) is 0. The summed E-state index contributed by atoms with van der Waals surface area (Å²) in [5.41, 5.74) is 1.93. The Bertz CT molecular complexity index is 416. The van der Waals surface area contributed by atoms with Crippen LogP contribution in [0.15, 0.2) is 29.8 Å². The van der Waals surface area contributed by atoms with Gasteiger partial charge in [-0.15, -0.1) is 11.3 Å². The Hall–Kier alpha value is -1.00. The number of hydrogen-bond donors (Lipinski definition) is 1. The van der Waals surface area contributed by atoms with Gasteiger partial charge in [0.2, 0.25) is 0 Å². The first kappa shape index (κ1) is 7.64. The molecule has 0 spiro atoms. The van der Waals surface area contributed by atoms with Crippen LogP contribution in [0.4, 0.5) is 0 Å². The van der Waals surface area contributed by atoms with Crippen molar-refractivity contribution in [1.82, 2.24) is 9.97 Å². The van der Waals surface area contributed by atoms with Gasteiger partial charge in [0, 0.05) is 11.6 Å². The maximum atomic E-state index is 4.97. The van der Waals surface area contributed by atoms with Gasteiger partial charge in [-0.05, 0) is 24.4 Å². The fourth-order valence-electron chi connectivity index (χ4n) is 0.928. The second kappa shape index (κ2) is 3.16. The first-order chi connectivity index (χ1) is 5.86. The second-order valence-electron chi connectivity index (χ2n) is 2.28. The van der Waals surface area contributed by atoms with E-state index in [0.717, 1.165) is 15.3 Å². The van der Waals surface area contributed by atoms with Gasteiger partial charge >= 0.3 is 0 Å². The standard InChI is InChI=1S/C8H6N2S2/c11-8-10-7(5-12-8)6-3-1-2-4-9-6/h1-5H,(H,10,11). The van der Waals surface area contributed by atoms with Crippen molar-refractivity contribution in [1.29, 1.82) is 0 Å². The molecule has 4 heteroatoms. The van der Waals surface area contributed by atoms with E-state index in [1.807, 2.05) is 23.6 Å². The Morgan fingerprint density at radius 3 is 2.92 bits per heavy atom. The Morgan fingerprint density at radius 1 is 1.42 bits per heavy atom. The van der Waals surface area contributed by atoms with Gasteiger partial charge in [0.25, 0.3) is 0 Å². The number of rotatable bonds is 1. The van der Waals surface area contributed by atoms with Crippen molar-refractivity contribution in [3.05, 3.63) is 33.7 Å². The number of hydrogen-bond acceptors (Lipinski definition) is 3. The zero-order chi connectivity index (χ0) is 8.39. The van der Waals surface area contributed by atoms with Gasteiger partial charge < -0.3 is 4.98 Å². The van der Waals surface area contributed by atoms with Crippen LogP contribution in [-0.4, -0.2) is 9.97 Å². The Morgan fingerprint density at radius 2 is 2.33 bits per heavy atom. The molecule has 0 unspecified atom stereocenters. The number of H-pyrrole nitrogens is 1. The molecule has 0 aliphatic rings. The van der Waals surface area contributed by atoms with E-state index in [0.29, 0.717) is 0 Å². The van der Waals surface area contributed by atoms with E-state index < -0.39 is 0 Å². The van der Waals surface area contributed by atoms with Crippen molar-refractivity contribution in [2.24, 2.45) is 0 Å². The third-order valence-electron chi connectivity index (χ3n) is 1.46. The molecule has 0 bridgehead atoms. The van der Waals surface area contributed by atoms with Gasteiger partial charge in [-0.25, -0.2) is 0 Å². The smallest absolute Gasteiger partial charge is 0.158 e. The minimum absolute atomic E-state index is 0.788. The summed E-state index contributed by atoms with van der Waals surface area (Å²) in [4.78, 5) is 7.25. The van der Waals surface area contributed by atoms with E-state index in [-0.39, 0.29) is 0 Å². The minimum atomic E-state index is 0.788. The van der Waals surface area contributed by atoms with Crippen molar-refractivity contribution in [3.63, 3.8) is 0 Å². The van der Waals surface area contributed by atoms with Gasteiger partial charge in [-0.2, -0.15) is 0 Å². The van der Waals surface area contributed by atoms with Gasteiger partial charge in [0.1, 0.15) is 0 Å². The van der Waals surface area contributed by atoms with Gasteiger partial charge in [0.15, 0.2) is 3.95 Å². The fourth-order valence-corrected chi connectivity index (χ4v) is 1.76. The molecule has 12 heavy (non-hydrogen) atoms. The lowest BCUT2D eigenvalue weighted by molar-refractivity contribution is 1.27. The summed E-state index contributed by atoms with van der Waals surface area (Å²) in [7, 11) is 0. The van der Waals surface area contributed by atoms with Gasteiger partial charge in [0.05, 0.1) is 11.4 Å². The van der Waals surface area contributed by atoms with Crippen LogP contribution < -0.4 is 0 Å². The summed E-state index contributed by atoms with van der Waals surface area (Å²) in [6.45, 7) is 0. The second-order valence-corrected chi connectivity index (χ2v) is 3.82. The normalized spacial score (nSPS) is 10.0. The van der Waals surface area contributed by atoms with Crippen LogP contribution in [0.1, 0.15) is 0 Å². The quantitative estimate of drug-likeness (QED) is 0.707. The highest BCUT2D eigenvalue weighted by atomic mass is 32.1. The van der Waals surface area contributed by atoms with E-state index >= 15 is 0 Å². The highest BCUT2D eigenvalue weighted by molar-refractivity contribution is 7.73. The molecule has 0 saturated carbocycles.